The summed E-state index contributed by atoms with van der Waals surface area (Å²) in [6.45, 7) is 4.63. The first-order chi connectivity index (χ1) is 17.5. The van der Waals surface area contributed by atoms with Crippen LogP contribution in [0.15, 0.2) is 88.7 Å². The number of nitrogens with one attached hydrogen (secondary N) is 2. The van der Waals surface area contributed by atoms with Gasteiger partial charge in [-0.1, -0.05) is 60.2 Å². The van der Waals surface area contributed by atoms with E-state index in [2.05, 4.69) is 10.6 Å². The maximum atomic E-state index is 14.0. The highest BCUT2D eigenvalue weighted by Crippen LogP contribution is 2.39. The Morgan fingerprint density at radius 2 is 1.83 bits per heavy atom. The van der Waals surface area contributed by atoms with Gasteiger partial charge in [0.1, 0.15) is 11.8 Å². The lowest BCUT2D eigenvalue weighted by Crippen LogP contribution is -2.47. The Kier molecular flexibility index (Phi) is 6.33. The van der Waals surface area contributed by atoms with E-state index in [4.69, 9.17) is 4.42 Å². The Labute approximate surface area is 209 Å². The van der Waals surface area contributed by atoms with Crippen molar-refractivity contribution < 1.29 is 18.8 Å². The molecule has 0 saturated heterocycles. The molecule has 2 aromatic carbocycles. The first-order valence-corrected chi connectivity index (χ1v) is 12.0. The average molecular weight is 485 g/mol. The predicted octanol–water partition coefficient (Wildman–Crippen LogP) is 3.83. The molecule has 2 aliphatic heterocycles. The SMILES string of the molecule is CCN1C(=O)N[C@@H](c2ccc(C)cc2)C2=C1CN([C@H](C(=O)NCc1ccco1)c1ccccc1)C2=O. The minimum Gasteiger partial charge on any atom is -0.467 e. The molecule has 3 aromatic rings. The van der Waals surface area contributed by atoms with Crippen molar-refractivity contribution in [3.8, 4) is 0 Å². The van der Waals surface area contributed by atoms with Crippen LogP contribution in [0.4, 0.5) is 4.79 Å². The number of benzene rings is 2. The van der Waals surface area contributed by atoms with Crippen molar-refractivity contribution in [1.29, 1.82) is 0 Å². The van der Waals surface area contributed by atoms with E-state index in [0.717, 1.165) is 11.1 Å². The molecule has 184 valence electrons. The van der Waals surface area contributed by atoms with Crippen LogP contribution in [-0.2, 0) is 16.1 Å². The molecule has 0 saturated carbocycles. The first kappa shape index (κ1) is 23.4. The third-order valence-corrected chi connectivity index (χ3v) is 6.67. The molecule has 0 radical (unpaired) electrons. The van der Waals surface area contributed by atoms with Gasteiger partial charge < -0.3 is 20.0 Å². The van der Waals surface area contributed by atoms with E-state index in [9.17, 15) is 14.4 Å². The summed E-state index contributed by atoms with van der Waals surface area (Å²) in [4.78, 5) is 43.7. The van der Waals surface area contributed by atoms with Crippen molar-refractivity contribution in [1.82, 2.24) is 20.4 Å². The van der Waals surface area contributed by atoms with Crippen molar-refractivity contribution in [3.63, 3.8) is 0 Å². The zero-order valence-corrected chi connectivity index (χ0v) is 20.2. The van der Waals surface area contributed by atoms with Crippen molar-refractivity contribution in [2.75, 3.05) is 13.1 Å². The van der Waals surface area contributed by atoms with E-state index < -0.39 is 12.1 Å². The molecule has 0 aliphatic carbocycles. The molecule has 0 unspecified atom stereocenters. The minimum absolute atomic E-state index is 0.158. The number of aryl methyl sites for hydroxylation is 1. The molecule has 2 N–H and O–H groups in total. The molecule has 8 nitrogen and oxygen atoms in total. The predicted molar refractivity (Wildman–Crippen MR) is 133 cm³/mol. The zero-order chi connectivity index (χ0) is 25.2. The summed E-state index contributed by atoms with van der Waals surface area (Å²) < 4.78 is 5.35. The molecule has 5 rings (SSSR count). The van der Waals surface area contributed by atoms with Gasteiger partial charge in [-0.3, -0.25) is 14.5 Å². The number of rotatable bonds is 7. The quantitative estimate of drug-likeness (QED) is 0.533. The van der Waals surface area contributed by atoms with Gasteiger partial charge in [0, 0.05) is 6.54 Å². The number of urea groups is 1. The summed E-state index contributed by atoms with van der Waals surface area (Å²) in [6.07, 6.45) is 1.55. The number of hydrogen-bond acceptors (Lipinski definition) is 4. The number of carbonyl (C=O) groups is 3. The summed E-state index contributed by atoms with van der Waals surface area (Å²) in [6, 6.07) is 18.8. The van der Waals surface area contributed by atoms with Crippen molar-refractivity contribution in [3.05, 3.63) is 107 Å². The second-order valence-corrected chi connectivity index (χ2v) is 8.94. The summed E-state index contributed by atoms with van der Waals surface area (Å²) in [5, 5.41) is 5.90. The van der Waals surface area contributed by atoms with Crippen molar-refractivity contribution >= 4 is 17.8 Å². The average Bonchev–Trinajstić information content (AvgIpc) is 3.52. The van der Waals surface area contributed by atoms with Gasteiger partial charge in [-0.05, 0) is 37.1 Å². The van der Waals surface area contributed by atoms with E-state index in [0.29, 0.717) is 29.1 Å². The Morgan fingerprint density at radius 3 is 2.50 bits per heavy atom. The van der Waals surface area contributed by atoms with Gasteiger partial charge in [0.05, 0.1) is 36.7 Å². The second-order valence-electron chi connectivity index (χ2n) is 8.94. The van der Waals surface area contributed by atoms with Gasteiger partial charge in [-0.15, -0.1) is 0 Å². The van der Waals surface area contributed by atoms with E-state index in [1.54, 1.807) is 28.2 Å². The van der Waals surface area contributed by atoms with Crippen molar-refractivity contribution in [2.45, 2.75) is 32.5 Å². The molecule has 2 atom stereocenters. The lowest BCUT2D eigenvalue weighted by atomic mass is 9.95. The largest absolute Gasteiger partial charge is 0.467 e. The Hall–Kier alpha value is -4.33. The third-order valence-electron chi connectivity index (χ3n) is 6.67. The van der Waals surface area contributed by atoms with Crippen LogP contribution in [0.1, 0.15) is 41.5 Å². The second kappa shape index (κ2) is 9.73. The lowest BCUT2D eigenvalue weighted by molar-refractivity contribution is -0.136. The number of carbonyl (C=O) groups excluding carboxylic acids is 3. The molecule has 3 heterocycles. The fraction of sp³-hybridized carbons (Fsp3) is 0.250. The summed E-state index contributed by atoms with van der Waals surface area (Å²) >= 11 is 0. The van der Waals surface area contributed by atoms with Crippen LogP contribution < -0.4 is 10.6 Å². The van der Waals surface area contributed by atoms with Crippen molar-refractivity contribution in [2.24, 2.45) is 0 Å². The monoisotopic (exact) mass is 484 g/mol. The lowest BCUT2D eigenvalue weighted by Gasteiger charge is -2.33. The Morgan fingerprint density at radius 1 is 1.08 bits per heavy atom. The highest BCUT2D eigenvalue weighted by molar-refractivity contribution is 6.03. The number of likely N-dealkylation sites (N-methyl/N-ethyl adjacent to an activating group) is 1. The Balaban J connectivity index is 1.51. The summed E-state index contributed by atoms with van der Waals surface area (Å²) in [5.74, 6) is 0.0303. The molecule has 2 aliphatic rings. The topological polar surface area (TPSA) is 94.9 Å². The van der Waals surface area contributed by atoms with Gasteiger partial charge in [-0.2, -0.15) is 0 Å². The van der Waals surface area contributed by atoms with E-state index >= 15 is 0 Å². The first-order valence-electron chi connectivity index (χ1n) is 12.0. The van der Waals surface area contributed by atoms with Crippen LogP contribution in [0.25, 0.3) is 0 Å². The fourth-order valence-electron chi connectivity index (χ4n) is 4.86. The van der Waals surface area contributed by atoms with Gasteiger partial charge in [-0.25, -0.2) is 4.79 Å². The van der Waals surface area contributed by atoms with E-state index in [1.807, 2.05) is 68.4 Å². The normalized spacial score (nSPS) is 18.2. The summed E-state index contributed by atoms with van der Waals surface area (Å²) in [7, 11) is 0. The minimum atomic E-state index is -0.869. The third kappa shape index (κ3) is 4.26. The highest BCUT2D eigenvalue weighted by atomic mass is 16.3. The standard InChI is InChI=1S/C28H28N4O4/c1-3-31-22-17-32(27(34)23(22)24(30-28(31)35)19-13-11-18(2)12-14-19)25(20-8-5-4-6-9-20)26(33)29-16-21-10-7-15-36-21/h4-15,24-25H,3,16-17H2,1-2H3,(H,29,33)(H,30,35)/t24-,25-/m0/s1. The molecule has 1 aromatic heterocycles. The van der Waals surface area contributed by atoms with E-state index in [-0.39, 0.29) is 30.9 Å². The zero-order valence-electron chi connectivity index (χ0n) is 20.2. The molecular weight excluding hydrogens is 456 g/mol. The molecule has 36 heavy (non-hydrogen) atoms. The fourth-order valence-corrected chi connectivity index (χ4v) is 4.86. The molecule has 0 spiro atoms. The molecule has 0 fully saturated rings. The molecule has 4 amide bonds. The molecule has 8 heteroatoms. The van der Waals surface area contributed by atoms with Crippen LogP contribution in [0, 0.1) is 6.92 Å². The number of hydrogen-bond donors (Lipinski definition) is 2. The van der Waals surface area contributed by atoms with Gasteiger partial charge in [0.25, 0.3) is 5.91 Å². The smallest absolute Gasteiger partial charge is 0.322 e. The molecular formula is C28H28N4O4. The van der Waals surface area contributed by atoms with Crippen LogP contribution >= 0.6 is 0 Å². The van der Waals surface area contributed by atoms with Crippen LogP contribution in [0.3, 0.4) is 0 Å². The summed E-state index contributed by atoms with van der Waals surface area (Å²) in [5.41, 5.74) is 3.74. The van der Waals surface area contributed by atoms with Gasteiger partial charge in [0.15, 0.2) is 0 Å². The molecule has 0 bridgehead atoms. The van der Waals surface area contributed by atoms with Gasteiger partial charge in [0.2, 0.25) is 5.91 Å². The number of furan rings is 1. The maximum absolute atomic E-state index is 14.0. The number of nitrogens with zero attached hydrogens (tertiary/aromatic N) is 2. The van der Waals surface area contributed by atoms with E-state index in [1.165, 1.54) is 0 Å². The highest BCUT2D eigenvalue weighted by Gasteiger charge is 2.47. The number of amides is 4. The van der Waals surface area contributed by atoms with Gasteiger partial charge >= 0.3 is 6.03 Å². The maximum Gasteiger partial charge on any atom is 0.322 e. The van der Waals surface area contributed by atoms with Crippen LogP contribution in [-0.4, -0.2) is 40.7 Å². The Bertz CT molecular complexity index is 1300. The van der Waals surface area contributed by atoms with Crippen LogP contribution in [0.2, 0.25) is 0 Å². The van der Waals surface area contributed by atoms with Crippen LogP contribution in [0.5, 0.6) is 0 Å².